The van der Waals surface area contributed by atoms with Gasteiger partial charge in [0.2, 0.25) is 0 Å². The van der Waals surface area contributed by atoms with Crippen molar-refractivity contribution in [3.8, 4) is 5.75 Å². The number of hydrogen-bond donors (Lipinski definition) is 1. The molecule has 2 aromatic rings. The fourth-order valence-corrected chi connectivity index (χ4v) is 2.65. The van der Waals surface area contributed by atoms with Gasteiger partial charge in [0.15, 0.2) is 11.6 Å². The van der Waals surface area contributed by atoms with E-state index in [9.17, 15) is 4.39 Å². The van der Waals surface area contributed by atoms with Crippen molar-refractivity contribution in [3.63, 3.8) is 0 Å². The van der Waals surface area contributed by atoms with Crippen molar-refractivity contribution in [3.05, 3.63) is 64.4 Å². The Hall–Kier alpha value is -1.58. The van der Waals surface area contributed by atoms with E-state index in [1.807, 2.05) is 37.4 Å². The van der Waals surface area contributed by atoms with Crippen LogP contribution < -0.4 is 10.1 Å². The lowest BCUT2D eigenvalue weighted by Gasteiger charge is -2.18. The second kappa shape index (κ2) is 7.43. The first-order chi connectivity index (χ1) is 10.2. The summed E-state index contributed by atoms with van der Waals surface area (Å²) in [6.07, 6.45) is 0.588. The number of methoxy groups -OCH3 is 1. The Kier molecular flexibility index (Phi) is 5.59. The molecule has 2 rings (SSSR count). The van der Waals surface area contributed by atoms with Gasteiger partial charge in [-0.05, 0) is 42.8 Å². The third-order valence-electron chi connectivity index (χ3n) is 3.50. The third kappa shape index (κ3) is 3.96. The zero-order valence-corrected chi connectivity index (χ0v) is 13.0. The maximum absolute atomic E-state index is 14.3. The first kappa shape index (κ1) is 15.8. The Morgan fingerprint density at radius 1 is 1.24 bits per heavy atom. The van der Waals surface area contributed by atoms with Gasteiger partial charge in [-0.15, -0.1) is 0 Å². The molecular weight excluding hydrogens is 289 g/mol. The first-order valence-corrected chi connectivity index (χ1v) is 7.25. The smallest absolute Gasteiger partial charge is 0.168 e. The topological polar surface area (TPSA) is 21.3 Å². The van der Waals surface area contributed by atoms with Crippen LogP contribution in [0.2, 0.25) is 5.02 Å². The maximum atomic E-state index is 14.3. The highest BCUT2D eigenvalue weighted by molar-refractivity contribution is 6.30. The van der Waals surface area contributed by atoms with Gasteiger partial charge in [-0.1, -0.05) is 35.9 Å². The van der Waals surface area contributed by atoms with E-state index in [-0.39, 0.29) is 17.5 Å². The molecule has 0 aliphatic rings. The molecular formula is C17H19ClFNO. The molecule has 21 heavy (non-hydrogen) atoms. The molecule has 4 heteroatoms. The molecule has 2 aromatic carbocycles. The summed E-state index contributed by atoms with van der Waals surface area (Å²) in [5.41, 5.74) is 1.74. The summed E-state index contributed by atoms with van der Waals surface area (Å²) in [6.45, 7) is 0.747. The molecule has 1 atom stereocenters. The van der Waals surface area contributed by atoms with Crippen molar-refractivity contribution >= 4 is 11.6 Å². The van der Waals surface area contributed by atoms with E-state index in [0.717, 1.165) is 12.1 Å². The SMILES string of the molecule is CNCC(Cc1cccc(OC)c1F)c1cccc(Cl)c1. The highest BCUT2D eigenvalue weighted by Gasteiger charge is 2.16. The van der Waals surface area contributed by atoms with Crippen LogP contribution in [0, 0.1) is 5.82 Å². The number of likely N-dealkylation sites (N-methyl/N-ethyl adjacent to an activating group) is 1. The van der Waals surface area contributed by atoms with E-state index in [1.165, 1.54) is 7.11 Å². The van der Waals surface area contributed by atoms with E-state index in [2.05, 4.69) is 5.32 Å². The van der Waals surface area contributed by atoms with Gasteiger partial charge in [0, 0.05) is 17.5 Å². The minimum absolute atomic E-state index is 0.148. The second-order valence-electron chi connectivity index (χ2n) is 4.95. The predicted molar refractivity (Wildman–Crippen MR) is 84.8 cm³/mol. The van der Waals surface area contributed by atoms with Gasteiger partial charge in [0.25, 0.3) is 0 Å². The Labute approximate surface area is 129 Å². The van der Waals surface area contributed by atoms with Crippen LogP contribution in [0.1, 0.15) is 17.0 Å². The van der Waals surface area contributed by atoms with E-state index in [0.29, 0.717) is 17.0 Å². The molecule has 2 nitrogen and oxygen atoms in total. The summed E-state index contributed by atoms with van der Waals surface area (Å²) in [6, 6.07) is 12.9. The second-order valence-corrected chi connectivity index (χ2v) is 5.38. The van der Waals surface area contributed by atoms with Crippen molar-refractivity contribution in [1.29, 1.82) is 0 Å². The summed E-state index contributed by atoms with van der Waals surface area (Å²) in [4.78, 5) is 0. The zero-order valence-electron chi connectivity index (χ0n) is 12.2. The van der Waals surface area contributed by atoms with E-state index >= 15 is 0 Å². The lowest BCUT2D eigenvalue weighted by molar-refractivity contribution is 0.383. The number of benzene rings is 2. The van der Waals surface area contributed by atoms with Gasteiger partial charge in [-0.3, -0.25) is 0 Å². The molecule has 0 radical (unpaired) electrons. The van der Waals surface area contributed by atoms with Crippen molar-refractivity contribution in [2.45, 2.75) is 12.3 Å². The van der Waals surface area contributed by atoms with Crippen molar-refractivity contribution < 1.29 is 9.13 Å². The molecule has 0 bridgehead atoms. The summed E-state index contributed by atoms with van der Waals surface area (Å²) >= 11 is 6.06. The molecule has 1 N–H and O–H groups in total. The van der Waals surface area contributed by atoms with Crippen LogP contribution >= 0.6 is 11.6 Å². The Morgan fingerprint density at radius 3 is 2.67 bits per heavy atom. The minimum atomic E-state index is -0.289. The van der Waals surface area contributed by atoms with Gasteiger partial charge in [0.1, 0.15) is 0 Å². The molecule has 0 saturated heterocycles. The largest absolute Gasteiger partial charge is 0.494 e. The van der Waals surface area contributed by atoms with Crippen LogP contribution in [0.5, 0.6) is 5.75 Å². The Morgan fingerprint density at radius 2 is 2.00 bits per heavy atom. The molecule has 0 spiro atoms. The van der Waals surface area contributed by atoms with E-state index in [4.69, 9.17) is 16.3 Å². The number of rotatable bonds is 6. The van der Waals surface area contributed by atoms with Crippen molar-refractivity contribution in [1.82, 2.24) is 5.32 Å². The lowest BCUT2D eigenvalue weighted by atomic mass is 9.91. The predicted octanol–water partition coefficient (Wildman–Crippen LogP) is 4.03. The standard InChI is InChI=1S/C17H19ClFNO/c1-20-11-14(12-5-3-7-15(18)10-12)9-13-6-4-8-16(21-2)17(13)19/h3-8,10,14,20H,9,11H2,1-2H3. The molecule has 1 unspecified atom stereocenters. The quantitative estimate of drug-likeness (QED) is 0.870. The molecule has 0 aliphatic heterocycles. The monoisotopic (exact) mass is 307 g/mol. The average Bonchev–Trinajstić information content (AvgIpc) is 2.48. The maximum Gasteiger partial charge on any atom is 0.168 e. The number of hydrogen-bond acceptors (Lipinski definition) is 2. The molecule has 0 aromatic heterocycles. The normalized spacial score (nSPS) is 12.2. The highest BCUT2D eigenvalue weighted by atomic mass is 35.5. The van der Waals surface area contributed by atoms with E-state index in [1.54, 1.807) is 12.1 Å². The summed E-state index contributed by atoms with van der Waals surface area (Å²) in [7, 11) is 3.36. The van der Waals surface area contributed by atoms with Crippen LogP contribution in [0.3, 0.4) is 0 Å². The van der Waals surface area contributed by atoms with Gasteiger partial charge in [-0.2, -0.15) is 0 Å². The molecule has 0 heterocycles. The molecule has 0 saturated carbocycles. The van der Waals surface area contributed by atoms with Gasteiger partial charge < -0.3 is 10.1 Å². The summed E-state index contributed by atoms with van der Waals surface area (Å²) in [5.74, 6) is 0.139. The van der Waals surface area contributed by atoms with E-state index < -0.39 is 0 Å². The highest BCUT2D eigenvalue weighted by Crippen LogP contribution is 2.27. The number of ether oxygens (including phenoxy) is 1. The lowest BCUT2D eigenvalue weighted by Crippen LogP contribution is -2.19. The molecule has 112 valence electrons. The van der Waals surface area contributed by atoms with Crippen LogP contribution in [0.25, 0.3) is 0 Å². The van der Waals surface area contributed by atoms with Gasteiger partial charge in [0.05, 0.1) is 7.11 Å². The Bertz CT molecular complexity index is 603. The first-order valence-electron chi connectivity index (χ1n) is 6.87. The number of halogens is 2. The molecule has 0 amide bonds. The summed E-state index contributed by atoms with van der Waals surface area (Å²) in [5, 5.41) is 3.85. The fourth-order valence-electron chi connectivity index (χ4n) is 2.45. The minimum Gasteiger partial charge on any atom is -0.494 e. The number of nitrogens with one attached hydrogen (secondary N) is 1. The average molecular weight is 308 g/mol. The van der Waals surface area contributed by atoms with Gasteiger partial charge in [-0.25, -0.2) is 4.39 Å². The fraction of sp³-hybridized carbons (Fsp3) is 0.294. The van der Waals surface area contributed by atoms with Crippen molar-refractivity contribution in [2.75, 3.05) is 20.7 Å². The van der Waals surface area contributed by atoms with Crippen LogP contribution in [0.4, 0.5) is 4.39 Å². The van der Waals surface area contributed by atoms with Crippen molar-refractivity contribution in [2.24, 2.45) is 0 Å². The Balaban J connectivity index is 2.28. The molecule has 0 fully saturated rings. The van der Waals surface area contributed by atoms with Crippen LogP contribution in [0.15, 0.2) is 42.5 Å². The molecule has 0 aliphatic carbocycles. The third-order valence-corrected chi connectivity index (χ3v) is 3.74. The summed E-state index contributed by atoms with van der Waals surface area (Å²) < 4.78 is 19.3. The van der Waals surface area contributed by atoms with Crippen LogP contribution in [-0.4, -0.2) is 20.7 Å². The van der Waals surface area contributed by atoms with Gasteiger partial charge >= 0.3 is 0 Å². The van der Waals surface area contributed by atoms with Crippen LogP contribution in [-0.2, 0) is 6.42 Å². The zero-order chi connectivity index (χ0) is 15.2.